The quantitative estimate of drug-likeness (QED) is 0.582. The maximum absolute atomic E-state index is 5.85. The van der Waals surface area contributed by atoms with Crippen LogP contribution in [-0.4, -0.2) is 24.3 Å². The Morgan fingerprint density at radius 1 is 0.593 bits per heavy atom. The Bertz CT molecular complexity index is 615. The molecule has 0 spiro atoms. The molecular formula is C24H34NO2. The topological polar surface area (TPSA) is 32.6 Å². The van der Waals surface area contributed by atoms with Gasteiger partial charge < -0.3 is 9.47 Å². The van der Waals surface area contributed by atoms with Crippen molar-refractivity contribution in [3.63, 3.8) is 0 Å². The van der Waals surface area contributed by atoms with Gasteiger partial charge in [-0.3, -0.25) is 0 Å². The summed E-state index contributed by atoms with van der Waals surface area (Å²) in [5, 5.41) is 4.66. The lowest BCUT2D eigenvalue weighted by Gasteiger charge is -2.21. The van der Waals surface area contributed by atoms with Gasteiger partial charge in [0.15, 0.2) is 0 Å². The summed E-state index contributed by atoms with van der Waals surface area (Å²) in [4.78, 5) is 0. The lowest BCUT2D eigenvalue weighted by atomic mass is 10.1. The lowest BCUT2D eigenvalue weighted by molar-refractivity contribution is 0.130. The van der Waals surface area contributed by atoms with Crippen LogP contribution in [0, 0.1) is 0 Å². The number of hydrogen-bond donors (Lipinski definition) is 0. The number of nitrogens with zero attached hydrogens (tertiary/aromatic N) is 1. The molecular weight excluding hydrogens is 334 g/mol. The average molecular weight is 369 g/mol. The summed E-state index contributed by atoms with van der Waals surface area (Å²) in [6.45, 7) is 14.1. The normalized spacial score (nSPS) is 12.1. The smallest absolute Gasteiger partial charge is 0.120 e. The van der Waals surface area contributed by atoms with Crippen LogP contribution in [-0.2, 0) is 12.8 Å². The van der Waals surface area contributed by atoms with Crippen molar-refractivity contribution < 1.29 is 9.47 Å². The van der Waals surface area contributed by atoms with E-state index in [1.54, 1.807) is 0 Å². The molecule has 0 unspecified atom stereocenters. The van der Waals surface area contributed by atoms with E-state index in [0.717, 1.165) is 37.4 Å². The molecule has 0 aliphatic rings. The van der Waals surface area contributed by atoms with Gasteiger partial charge in [0.1, 0.15) is 22.7 Å². The first-order valence-electron chi connectivity index (χ1n) is 9.80. The van der Waals surface area contributed by atoms with Gasteiger partial charge in [0.05, 0.1) is 0 Å². The van der Waals surface area contributed by atoms with Gasteiger partial charge in [0.25, 0.3) is 0 Å². The van der Waals surface area contributed by atoms with E-state index in [9.17, 15) is 0 Å². The predicted molar refractivity (Wildman–Crippen MR) is 113 cm³/mol. The monoisotopic (exact) mass is 368 g/mol. The Morgan fingerprint density at radius 2 is 0.926 bits per heavy atom. The van der Waals surface area contributed by atoms with Crippen molar-refractivity contribution in [2.75, 3.05) is 13.1 Å². The summed E-state index contributed by atoms with van der Waals surface area (Å²) >= 11 is 0. The van der Waals surface area contributed by atoms with Crippen LogP contribution in [0.5, 0.6) is 11.5 Å². The first kappa shape index (κ1) is 21.3. The van der Waals surface area contributed by atoms with Crippen molar-refractivity contribution in [2.45, 2.75) is 65.6 Å². The number of hydrogen-bond acceptors (Lipinski definition) is 2. The van der Waals surface area contributed by atoms with Crippen LogP contribution in [0.15, 0.2) is 48.5 Å². The van der Waals surface area contributed by atoms with Gasteiger partial charge in [-0.15, -0.1) is 0 Å². The summed E-state index contributed by atoms with van der Waals surface area (Å²) in [6.07, 6.45) is 1.93. The van der Waals surface area contributed by atoms with Crippen LogP contribution in [0.3, 0.4) is 0 Å². The molecule has 0 N–H and O–H groups in total. The maximum Gasteiger partial charge on any atom is 0.120 e. The molecule has 0 amide bonds. The summed E-state index contributed by atoms with van der Waals surface area (Å²) in [6, 6.07) is 16.7. The molecule has 0 bridgehead atoms. The number of benzene rings is 2. The fourth-order valence-electron chi connectivity index (χ4n) is 2.68. The van der Waals surface area contributed by atoms with Gasteiger partial charge in [0, 0.05) is 13.1 Å². The van der Waals surface area contributed by atoms with E-state index in [4.69, 9.17) is 9.47 Å². The van der Waals surface area contributed by atoms with Crippen LogP contribution in [0.1, 0.15) is 52.7 Å². The first-order chi connectivity index (χ1) is 12.6. The Hall–Kier alpha value is -2.00. The minimum absolute atomic E-state index is 0.159. The summed E-state index contributed by atoms with van der Waals surface area (Å²) in [7, 11) is 0. The van der Waals surface area contributed by atoms with Crippen molar-refractivity contribution >= 4 is 0 Å². The van der Waals surface area contributed by atoms with Crippen LogP contribution in [0.2, 0.25) is 0 Å². The summed E-state index contributed by atoms with van der Waals surface area (Å²) in [5.41, 5.74) is 2.27. The predicted octanol–water partition coefficient (Wildman–Crippen LogP) is 5.43. The van der Waals surface area contributed by atoms with Crippen molar-refractivity contribution in [1.29, 1.82) is 0 Å². The molecule has 0 aromatic heterocycles. The fourth-order valence-corrected chi connectivity index (χ4v) is 2.68. The molecule has 1 radical (unpaired) electrons. The summed E-state index contributed by atoms with van der Waals surface area (Å²) < 4.78 is 11.7. The largest absolute Gasteiger partial charge is 0.488 e. The molecule has 0 fully saturated rings. The number of ether oxygens (including phenoxy) is 2. The third-order valence-electron chi connectivity index (χ3n) is 3.81. The lowest BCUT2D eigenvalue weighted by Crippen LogP contribution is -2.22. The SMILES string of the molecule is CC(C)(C)Oc1ccc(CC[N]CCc2ccc(OC(C)(C)C)cc2)cc1. The van der Waals surface area contributed by atoms with Crippen LogP contribution >= 0.6 is 0 Å². The Kier molecular flexibility index (Phi) is 7.32. The third-order valence-corrected chi connectivity index (χ3v) is 3.81. The van der Waals surface area contributed by atoms with Crippen molar-refractivity contribution in [1.82, 2.24) is 5.32 Å². The molecule has 2 aromatic carbocycles. The molecule has 147 valence electrons. The fraction of sp³-hybridized carbons (Fsp3) is 0.500. The van der Waals surface area contributed by atoms with E-state index >= 15 is 0 Å². The van der Waals surface area contributed by atoms with E-state index in [1.165, 1.54) is 11.1 Å². The van der Waals surface area contributed by atoms with E-state index < -0.39 is 0 Å². The van der Waals surface area contributed by atoms with E-state index in [-0.39, 0.29) is 11.2 Å². The van der Waals surface area contributed by atoms with E-state index in [0.29, 0.717) is 0 Å². The molecule has 0 aliphatic carbocycles. The molecule has 0 saturated heterocycles. The highest BCUT2D eigenvalue weighted by Gasteiger charge is 2.12. The Labute approximate surface area is 165 Å². The molecule has 3 nitrogen and oxygen atoms in total. The average Bonchev–Trinajstić information content (AvgIpc) is 2.55. The standard InChI is InChI=1S/C24H34NO2/c1-23(2,3)26-21-11-7-19(8-12-21)15-17-25-18-16-20-9-13-22(14-10-20)27-24(4,5)6/h7-14H,15-18H2,1-6H3. The van der Waals surface area contributed by atoms with Crippen molar-refractivity contribution in [3.8, 4) is 11.5 Å². The van der Waals surface area contributed by atoms with Gasteiger partial charge in [-0.1, -0.05) is 24.3 Å². The zero-order valence-electron chi connectivity index (χ0n) is 17.7. The van der Waals surface area contributed by atoms with E-state index in [2.05, 4.69) is 71.1 Å². The van der Waals surface area contributed by atoms with Gasteiger partial charge in [0.2, 0.25) is 0 Å². The zero-order chi connectivity index (χ0) is 19.9. The van der Waals surface area contributed by atoms with Gasteiger partial charge in [-0.25, -0.2) is 5.32 Å². The highest BCUT2D eigenvalue weighted by Crippen LogP contribution is 2.19. The molecule has 2 aromatic rings. The number of rotatable bonds is 8. The second-order valence-corrected chi connectivity index (χ2v) is 8.89. The molecule has 3 heteroatoms. The maximum atomic E-state index is 5.85. The first-order valence-corrected chi connectivity index (χ1v) is 9.80. The molecule has 0 atom stereocenters. The highest BCUT2D eigenvalue weighted by atomic mass is 16.5. The second-order valence-electron chi connectivity index (χ2n) is 8.89. The van der Waals surface area contributed by atoms with Crippen LogP contribution in [0.25, 0.3) is 0 Å². The summed E-state index contributed by atoms with van der Waals surface area (Å²) in [5.74, 6) is 1.84. The zero-order valence-corrected chi connectivity index (χ0v) is 17.7. The van der Waals surface area contributed by atoms with Crippen molar-refractivity contribution in [3.05, 3.63) is 59.7 Å². The Morgan fingerprint density at radius 3 is 1.22 bits per heavy atom. The van der Waals surface area contributed by atoms with Gasteiger partial charge in [-0.05, 0) is 89.8 Å². The molecule has 2 rings (SSSR count). The molecule has 0 saturated carbocycles. The molecule has 0 aliphatic heterocycles. The van der Waals surface area contributed by atoms with Gasteiger partial charge >= 0.3 is 0 Å². The van der Waals surface area contributed by atoms with Crippen LogP contribution in [0.4, 0.5) is 0 Å². The van der Waals surface area contributed by atoms with Crippen LogP contribution < -0.4 is 14.8 Å². The highest BCUT2D eigenvalue weighted by molar-refractivity contribution is 5.29. The van der Waals surface area contributed by atoms with E-state index in [1.807, 2.05) is 24.3 Å². The van der Waals surface area contributed by atoms with Crippen molar-refractivity contribution in [2.24, 2.45) is 0 Å². The second kappa shape index (κ2) is 9.27. The molecule has 0 heterocycles. The van der Waals surface area contributed by atoms with Gasteiger partial charge in [-0.2, -0.15) is 0 Å². The molecule has 27 heavy (non-hydrogen) atoms. The minimum Gasteiger partial charge on any atom is -0.488 e. The Balaban J connectivity index is 1.67. The minimum atomic E-state index is -0.159. The third kappa shape index (κ3) is 8.96.